The van der Waals surface area contributed by atoms with Gasteiger partial charge in [-0.3, -0.25) is 9.36 Å². The number of nitrogens with zero attached hydrogens (tertiary/aromatic N) is 1. The minimum absolute atomic E-state index is 0.0144. The number of phosphoric acid groups is 1. The molecule has 0 aromatic heterocycles. The van der Waals surface area contributed by atoms with Crippen LogP contribution in [0.2, 0.25) is 0 Å². The van der Waals surface area contributed by atoms with Crippen molar-refractivity contribution in [2.75, 3.05) is 40.9 Å². The number of aliphatic hydroxyl groups excluding tert-OH is 1. The Hall–Kier alpha value is -2.58. The van der Waals surface area contributed by atoms with Gasteiger partial charge in [0.25, 0.3) is 7.82 Å². The molecule has 0 saturated carbocycles. The summed E-state index contributed by atoms with van der Waals surface area (Å²) in [5.41, 5.74) is 0. The predicted octanol–water partition coefficient (Wildman–Crippen LogP) is 10.6. The van der Waals surface area contributed by atoms with Crippen LogP contribution in [0.5, 0.6) is 0 Å². The molecule has 1 amide bonds. The quantitative estimate of drug-likeness (QED) is 0.0287. The lowest BCUT2D eigenvalue weighted by atomic mass is 10.1. The lowest BCUT2D eigenvalue weighted by Gasteiger charge is -2.29. The Morgan fingerprint density at radius 2 is 1.13 bits per heavy atom. The van der Waals surface area contributed by atoms with Gasteiger partial charge in [-0.25, -0.2) is 0 Å². The highest BCUT2D eigenvalue weighted by Crippen LogP contribution is 2.38. The van der Waals surface area contributed by atoms with Gasteiger partial charge in [0.15, 0.2) is 0 Å². The Balaban J connectivity index is 4.36. The lowest BCUT2D eigenvalue weighted by molar-refractivity contribution is -0.870. The van der Waals surface area contributed by atoms with Crippen molar-refractivity contribution >= 4 is 13.7 Å². The number of allylic oxidation sites excluding steroid dienone is 15. The fourth-order valence-electron chi connectivity index (χ4n) is 5.01. The minimum Gasteiger partial charge on any atom is -0.756 e. The van der Waals surface area contributed by atoms with E-state index in [1.54, 1.807) is 6.08 Å². The standard InChI is InChI=1S/C45H77N2O6P/c1-6-8-10-12-14-15-16-17-18-19-20-21-22-23-24-25-26-27-28-29-30-31-33-35-37-39-45(49)46-43(44(48)38-36-34-32-13-11-9-7-2)42-53-54(50,51)52-41-40-47(3,4)5/h8,10,14-15,17-18,20-21,23-24,26-27,29-30,36,38,43-44,48H,6-7,9,11-13,16,19,22,25,28,31-35,37,39-42H2,1-5H3,(H-,46,49,50,51)/b10-8-,15-14-,18-17-,21-20-,24-23-,27-26-,30-29-,38-36+. The number of nitrogens with one attached hydrogen (secondary N) is 1. The highest BCUT2D eigenvalue weighted by molar-refractivity contribution is 7.45. The molecule has 0 spiro atoms. The fourth-order valence-corrected chi connectivity index (χ4v) is 5.73. The van der Waals surface area contributed by atoms with Crippen LogP contribution >= 0.6 is 7.82 Å². The molecular formula is C45H77N2O6P. The van der Waals surface area contributed by atoms with Gasteiger partial charge in [-0.15, -0.1) is 0 Å². The second-order valence-corrected chi connectivity index (χ2v) is 16.0. The topological polar surface area (TPSA) is 108 Å². The molecule has 0 heterocycles. The summed E-state index contributed by atoms with van der Waals surface area (Å²) in [4.78, 5) is 25.1. The van der Waals surface area contributed by atoms with E-state index in [1.165, 1.54) is 19.3 Å². The van der Waals surface area contributed by atoms with E-state index in [-0.39, 0.29) is 12.5 Å². The van der Waals surface area contributed by atoms with E-state index in [0.717, 1.165) is 83.5 Å². The SMILES string of the molecule is CC/C=C\C/C=C\C/C=C\C/C=C\C/C=C\C/C=C\C/C=C\CCCCCC(=O)NC(COP(=O)([O-])OCC[N+](C)(C)C)C(O)/C=C/CCCCCCC. The van der Waals surface area contributed by atoms with Crippen molar-refractivity contribution in [3.8, 4) is 0 Å². The summed E-state index contributed by atoms with van der Waals surface area (Å²) >= 11 is 0. The van der Waals surface area contributed by atoms with Crippen molar-refractivity contribution in [2.45, 2.75) is 142 Å². The van der Waals surface area contributed by atoms with Crippen LogP contribution in [0.3, 0.4) is 0 Å². The summed E-state index contributed by atoms with van der Waals surface area (Å²) < 4.78 is 23.0. The first-order valence-corrected chi connectivity index (χ1v) is 22.1. The molecule has 3 unspecified atom stereocenters. The number of unbranched alkanes of at least 4 members (excludes halogenated alkanes) is 8. The molecule has 0 radical (unpaired) electrons. The summed E-state index contributed by atoms with van der Waals surface area (Å²) in [7, 11) is 1.21. The predicted molar refractivity (Wildman–Crippen MR) is 228 cm³/mol. The maximum absolute atomic E-state index is 12.8. The van der Waals surface area contributed by atoms with Crippen LogP contribution < -0.4 is 10.2 Å². The number of amides is 1. The van der Waals surface area contributed by atoms with Crippen LogP contribution in [0.25, 0.3) is 0 Å². The molecule has 0 aromatic rings. The lowest BCUT2D eigenvalue weighted by Crippen LogP contribution is -2.45. The molecule has 0 rings (SSSR count). The van der Waals surface area contributed by atoms with Crippen LogP contribution in [0, 0.1) is 0 Å². The van der Waals surface area contributed by atoms with Gasteiger partial charge in [-0.05, 0) is 77.0 Å². The van der Waals surface area contributed by atoms with Crippen molar-refractivity contribution < 1.29 is 32.9 Å². The van der Waals surface area contributed by atoms with Gasteiger partial charge >= 0.3 is 0 Å². The van der Waals surface area contributed by atoms with Gasteiger partial charge in [0.2, 0.25) is 5.91 Å². The van der Waals surface area contributed by atoms with E-state index >= 15 is 0 Å². The molecule has 0 bridgehead atoms. The number of quaternary nitrogens is 1. The summed E-state index contributed by atoms with van der Waals surface area (Å²) in [6.07, 6.45) is 50.5. The Bertz CT molecular complexity index is 1190. The molecular weight excluding hydrogens is 695 g/mol. The molecule has 3 atom stereocenters. The average molecular weight is 773 g/mol. The van der Waals surface area contributed by atoms with Gasteiger partial charge in [0, 0.05) is 6.42 Å². The second-order valence-electron chi connectivity index (χ2n) is 14.6. The zero-order valence-electron chi connectivity index (χ0n) is 34.6. The number of hydrogen-bond donors (Lipinski definition) is 2. The number of hydrogen-bond acceptors (Lipinski definition) is 6. The van der Waals surface area contributed by atoms with E-state index in [0.29, 0.717) is 23.9 Å². The highest BCUT2D eigenvalue weighted by atomic mass is 31.2. The van der Waals surface area contributed by atoms with Gasteiger partial charge < -0.3 is 28.8 Å². The molecule has 8 nitrogen and oxygen atoms in total. The Morgan fingerprint density at radius 3 is 1.63 bits per heavy atom. The molecule has 0 aliphatic rings. The summed E-state index contributed by atoms with van der Waals surface area (Å²) in [5.74, 6) is -0.240. The molecule has 0 aromatic carbocycles. The second kappa shape index (κ2) is 36.1. The molecule has 0 saturated heterocycles. The third-order valence-electron chi connectivity index (χ3n) is 8.30. The monoisotopic (exact) mass is 773 g/mol. The molecule has 9 heteroatoms. The number of aliphatic hydroxyl groups is 1. The average Bonchev–Trinajstić information content (AvgIpc) is 3.12. The molecule has 0 fully saturated rings. The first-order valence-electron chi connectivity index (χ1n) is 20.6. The third-order valence-corrected chi connectivity index (χ3v) is 9.26. The summed E-state index contributed by atoms with van der Waals surface area (Å²) in [5, 5.41) is 13.6. The minimum atomic E-state index is -4.59. The zero-order chi connectivity index (χ0) is 40.0. The first kappa shape index (κ1) is 51.4. The van der Waals surface area contributed by atoms with Crippen LogP contribution in [-0.4, -0.2) is 68.5 Å². The molecule has 2 N–H and O–H groups in total. The van der Waals surface area contributed by atoms with E-state index in [4.69, 9.17) is 9.05 Å². The van der Waals surface area contributed by atoms with Gasteiger partial charge in [0.1, 0.15) is 13.2 Å². The van der Waals surface area contributed by atoms with Crippen molar-refractivity contribution in [2.24, 2.45) is 0 Å². The van der Waals surface area contributed by atoms with Crippen LogP contribution in [0.1, 0.15) is 129 Å². The maximum atomic E-state index is 12.8. The largest absolute Gasteiger partial charge is 0.756 e. The van der Waals surface area contributed by atoms with E-state index in [1.807, 2.05) is 27.2 Å². The van der Waals surface area contributed by atoms with Crippen LogP contribution in [-0.2, 0) is 18.4 Å². The first-order chi connectivity index (χ1) is 26.0. The van der Waals surface area contributed by atoms with Gasteiger partial charge in [-0.1, -0.05) is 143 Å². The zero-order valence-corrected chi connectivity index (χ0v) is 35.5. The Kier molecular flexibility index (Phi) is 34.4. The summed E-state index contributed by atoms with van der Waals surface area (Å²) in [6, 6.07) is -0.907. The van der Waals surface area contributed by atoms with Gasteiger partial charge in [-0.2, -0.15) is 0 Å². The van der Waals surface area contributed by atoms with Crippen molar-refractivity contribution in [3.63, 3.8) is 0 Å². The van der Waals surface area contributed by atoms with Gasteiger partial charge in [0.05, 0.1) is 39.9 Å². The Morgan fingerprint density at radius 1 is 0.667 bits per heavy atom. The van der Waals surface area contributed by atoms with Crippen LogP contribution in [0.4, 0.5) is 0 Å². The smallest absolute Gasteiger partial charge is 0.268 e. The van der Waals surface area contributed by atoms with Crippen molar-refractivity contribution in [1.29, 1.82) is 0 Å². The molecule has 308 valence electrons. The normalized spacial score (nSPS) is 15.5. The molecule has 0 aliphatic carbocycles. The fraction of sp³-hybridized carbons (Fsp3) is 0.622. The van der Waals surface area contributed by atoms with Crippen molar-refractivity contribution in [1.82, 2.24) is 5.32 Å². The molecule has 0 aliphatic heterocycles. The van der Waals surface area contributed by atoms with E-state index in [2.05, 4.69) is 104 Å². The Labute approximate surface area is 330 Å². The van der Waals surface area contributed by atoms with E-state index in [9.17, 15) is 19.4 Å². The summed E-state index contributed by atoms with van der Waals surface area (Å²) in [6.45, 7) is 4.40. The van der Waals surface area contributed by atoms with Crippen molar-refractivity contribution in [3.05, 3.63) is 97.2 Å². The number of phosphoric ester groups is 1. The number of carbonyl (C=O) groups is 1. The molecule has 54 heavy (non-hydrogen) atoms. The van der Waals surface area contributed by atoms with Crippen LogP contribution in [0.15, 0.2) is 97.2 Å². The number of carbonyl (C=O) groups excluding carboxylic acids is 1. The number of rotatable bonds is 35. The maximum Gasteiger partial charge on any atom is 0.268 e. The highest BCUT2D eigenvalue weighted by Gasteiger charge is 2.23. The number of likely N-dealkylation sites (N-methyl/N-ethyl adjacent to an activating group) is 1. The van der Waals surface area contributed by atoms with E-state index < -0.39 is 26.6 Å². The third kappa shape index (κ3) is 37.7.